The zero-order chi connectivity index (χ0) is 106. The third-order valence-electron chi connectivity index (χ3n) is 27.7. The summed E-state index contributed by atoms with van der Waals surface area (Å²) in [5.74, 6) is -1.57. The van der Waals surface area contributed by atoms with Crippen molar-refractivity contribution in [2.75, 3.05) is 59.5 Å². The van der Waals surface area contributed by atoms with E-state index in [4.69, 9.17) is 18.9 Å². The third kappa shape index (κ3) is 29.1. The van der Waals surface area contributed by atoms with Gasteiger partial charge < -0.3 is 18.9 Å². The van der Waals surface area contributed by atoms with Crippen LogP contribution in [0, 0.1) is 50.6 Å². The van der Waals surface area contributed by atoms with Gasteiger partial charge in [-0.1, -0.05) is 188 Å². The van der Waals surface area contributed by atoms with Gasteiger partial charge in [-0.05, 0) is 251 Å². The van der Waals surface area contributed by atoms with Gasteiger partial charge in [-0.25, -0.2) is 46.2 Å². The van der Waals surface area contributed by atoms with Crippen molar-refractivity contribution >= 4 is 87.4 Å². The van der Waals surface area contributed by atoms with E-state index in [1.165, 1.54) is 71.7 Å². The first-order chi connectivity index (χ1) is 67.6. The van der Waals surface area contributed by atoms with Crippen molar-refractivity contribution < 1.29 is 94.1 Å². The number of allylic oxidation sites excluding steroid dienone is 7. The Bertz CT molecular complexity index is 5690. The SMILES string of the molecule is C=CC[C@]1(C)CCCN(C(=O)OC(C)(C)C)C1=O.C=CC[C@]1(C)CCCN(C(=O)OCC2c3ccccc3-c3ccccc32)C1=O.C=CC[C@]1(C)CCCN(C(=O)OCc2ccccc2)C1=O.C=CC[C@]1(C)CCCN(C(=O)c2ccc(F)cc2)C1=O.C=CC[C@]1(C)CCCN(C(=O)c2ccc(OC)cc2)C1=O.C=CC[C@]1(C)CCCN(C(C)=O)C1=O.C=CC[C@]1(C)CCCN(S(=O)(=O)c2ccc(C)cc2)C1=O. The van der Waals surface area contributed by atoms with Crippen LogP contribution in [0.15, 0.2) is 245 Å². The molecule has 0 radical (unpaired) electrons. The van der Waals surface area contributed by atoms with Crippen LogP contribution >= 0.6 is 0 Å². The predicted molar refractivity (Wildman–Crippen MR) is 552 cm³/mol. The number of nitrogens with zero attached hydrogens (tertiary/aromatic N) is 7. The van der Waals surface area contributed by atoms with Crippen molar-refractivity contribution in [1.82, 2.24) is 33.7 Å². The summed E-state index contributed by atoms with van der Waals surface area (Å²) < 4.78 is 60.5. The molecular weight excluding hydrogens is 1830 g/mol. The van der Waals surface area contributed by atoms with Crippen LogP contribution < -0.4 is 4.74 Å². The molecule has 6 aromatic carbocycles. The monoisotopic (exact) mass is 1980 g/mol. The number of carbonyl (C=O) groups excluding carboxylic acids is 13. The molecule has 7 aliphatic heterocycles. The summed E-state index contributed by atoms with van der Waals surface area (Å²) in [4.78, 5) is 168. The first kappa shape index (κ1) is 115. The Balaban J connectivity index is 0.000000206. The summed E-state index contributed by atoms with van der Waals surface area (Å²) in [7, 11) is -2.19. The molecule has 1 aliphatic carbocycles. The van der Waals surface area contributed by atoms with Crippen molar-refractivity contribution in [1.29, 1.82) is 0 Å². The first-order valence-corrected chi connectivity index (χ1v) is 50.7. The Hall–Kier alpha value is -13.1. The van der Waals surface area contributed by atoms with Crippen molar-refractivity contribution in [2.24, 2.45) is 37.9 Å². The van der Waals surface area contributed by atoms with E-state index in [0.717, 1.165) is 104 Å². The Morgan fingerprint density at radius 1 is 0.392 bits per heavy atom. The first-order valence-electron chi connectivity index (χ1n) is 49.2. The molecule has 0 unspecified atom stereocenters. The third-order valence-corrected chi connectivity index (χ3v) is 29.5. The van der Waals surface area contributed by atoms with E-state index < -0.39 is 77.6 Å². The second-order valence-corrected chi connectivity index (χ2v) is 42.6. The van der Waals surface area contributed by atoms with E-state index in [-0.39, 0.29) is 89.6 Å². The van der Waals surface area contributed by atoms with E-state index in [1.807, 2.05) is 110 Å². The highest BCUT2D eigenvalue weighted by Gasteiger charge is 2.50. The molecule has 7 saturated heterocycles. The number of carbonyl (C=O) groups is 13. The maximum Gasteiger partial charge on any atom is 0.417 e. The number of methoxy groups -OCH3 is 1. The van der Waals surface area contributed by atoms with Gasteiger partial charge in [-0.2, -0.15) is 0 Å². The number of halogens is 1. The number of fused-ring (bicyclic) bond motifs is 3. The van der Waals surface area contributed by atoms with Gasteiger partial charge in [-0.15, -0.1) is 46.1 Å². The molecule has 7 heterocycles. The minimum atomic E-state index is -3.77. The van der Waals surface area contributed by atoms with Crippen molar-refractivity contribution in [3.63, 3.8) is 0 Å². The second kappa shape index (κ2) is 51.2. The highest BCUT2D eigenvalue weighted by Crippen LogP contribution is 2.47. The summed E-state index contributed by atoms with van der Waals surface area (Å²) in [6.07, 6.45) is 25.5. The number of hydrogen-bond donors (Lipinski definition) is 0. The molecule has 768 valence electrons. The summed E-state index contributed by atoms with van der Waals surface area (Å²) in [5.41, 5.74) is 3.09. The summed E-state index contributed by atoms with van der Waals surface area (Å²) in [6.45, 7) is 51.1. The van der Waals surface area contributed by atoms with Crippen LogP contribution in [0.3, 0.4) is 0 Å². The Kier molecular flexibility index (Phi) is 41.2. The van der Waals surface area contributed by atoms with Crippen LogP contribution in [0.2, 0.25) is 0 Å². The number of aryl methyl sites for hydroxylation is 1. The van der Waals surface area contributed by atoms with Crippen LogP contribution in [-0.4, -0.2) is 185 Å². The smallest absolute Gasteiger partial charge is 0.417 e. The van der Waals surface area contributed by atoms with E-state index in [9.17, 15) is 75.1 Å². The standard InChI is InChI=1S/C24H25NO3.2C17H21NO3.C16H18FNO2.C16H21NO3S.C14H23NO3.C11H17NO2/c1-3-13-24(2)14-8-15-25(22(24)26)23(27)28-16-21-19-11-6-4-9-17(19)18-10-5-7-12-20(18)21;1-4-10-17(2)11-5-12-18(16(17)20)15(19)13-6-8-14(21-3)9-7-13;1-3-10-17(2)11-7-12-18(15(17)19)16(20)21-13-14-8-5-4-6-9-14;1-3-9-16(2)10-4-11-18(15(16)20)14(19)12-5-7-13(17)8-6-12;1-4-10-16(3)11-5-12-17(15(16)18)21(19,20)14-8-6-13(2)7-9-14;1-6-8-14(5)9-7-10-15(11(14)16)12(17)18-13(2,3)4;1-4-6-11(3)7-5-8-12(9(2)13)10(11)14/h3-7,9-12,21H,1,8,13-16H2,2H3;4,6-9H,1,5,10-12H2,2-3H3;3-6,8-9H,1,7,10-13H2,2H3;3,5-8H,1,4,9-11H2,2H3;4,6-9H,1,5,10-12H2,2-3H3;6H,1,7-10H2,2-5H3;4H,1,5-8H2,2-3H3/t24-;2*17-;2*16-;14-;11-/m1111111/s1. The number of ether oxygens (including phenoxy) is 4. The fraction of sp³-hybridized carbons (Fsp3) is 0.452. The molecule has 8 aliphatic rings. The maximum atomic E-state index is 12.9. The van der Waals surface area contributed by atoms with E-state index >= 15 is 0 Å². The summed E-state index contributed by atoms with van der Waals surface area (Å²) in [6, 6.07) is 44.6. The molecule has 0 aromatic heterocycles. The van der Waals surface area contributed by atoms with Crippen LogP contribution in [0.5, 0.6) is 5.75 Å². The normalized spacial score (nSPS) is 23.0. The minimum absolute atomic E-state index is 0.00389. The number of likely N-dealkylation sites (tertiary alicyclic amines) is 6. The molecule has 26 nitrogen and oxygen atoms in total. The Morgan fingerprint density at radius 2 is 0.699 bits per heavy atom. The van der Waals surface area contributed by atoms with Gasteiger partial charge in [0.1, 0.15) is 30.4 Å². The van der Waals surface area contributed by atoms with Gasteiger partial charge in [0.05, 0.1) is 49.9 Å². The van der Waals surface area contributed by atoms with Crippen LogP contribution in [-0.2, 0) is 69.2 Å². The van der Waals surface area contributed by atoms with Gasteiger partial charge in [0, 0.05) is 69.8 Å². The fourth-order valence-corrected chi connectivity index (χ4v) is 20.9. The molecule has 7 fully saturated rings. The minimum Gasteiger partial charge on any atom is -0.497 e. The van der Waals surface area contributed by atoms with Crippen molar-refractivity contribution in [2.45, 2.75) is 241 Å². The van der Waals surface area contributed by atoms with E-state index in [2.05, 4.69) is 70.3 Å². The lowest BCUT2D eigenvalue weighted by molar-refractivity contribution is -0.154. The van der Waals surface area contributed by atoms with E-state index in [1.54, 1.807) is 119 Å². The van der Waals surface area contributed by atoms with Crippen LogP contribution in [0.1, 0.15) is 260 Å². The summed E-state index contributed by atoms with van der Waals surface area (Å²) >= 11 is 0. The van der Waals surface area contributed by atoms with Gasteiger partial charge in [0.15, 0.2) is 0 Å². The number of rotatable bonds is 23. The van der Waals surface area contributed by atoms with Gasteiger partial charge in [0.25, 0.3) is 21.8 Å². The number of amides is 13. The maximum absolute atomic E-state index is 12.9. The number of sulfonamides is 1. The zero-order valence-electron chi connectivity index (χ0n) is 85.9. The molecule has 143 heavy (non-hydrogen) atoms. The van der Waals surface area contributed by atoms with Gasteiger partial charge in [0.2, 0.25) is 47.3 Å². The quantitative estimate of drug-likeness (QED) is 0.0327. The molecule has 0 N–H and O–H groups in total. The van der Waals surface area contributed by atoms with Crippen LogP contribution in [0.4, 0.5) is 18.8 Å². The molecular formula is C115H146FN7O19S. The molecule has 6 aromatic rings. The van der Waals surface area contributed by atoms with Crippen LogP contribution in [0.25, 0.3) is 11.1 Å². The topological polar surface area (TPSA) is 316 Å². The average Bonchev–Trinajstić information content (AvgIpc) is 1.55. The highest BCUT2D eigenvalue weighted by molar-refractivity contribution is 7.89. The Morgan fingerprint density at radius 3 is 1.06 bits per heavy atom. The molecule has 0 saturated carbocycles. The van der Waals surface area contributed by atoms with Crippen molar-refractivity contribution in [3.8, 4) is 16.9 Å². The van der Waals surface area contributed by atoms with Gasteiger partial charge in [-0.3, -0.25) is 62.6 Å². The average molecular weight is 1980 g/mol. The lowest BCUT2D eigenvalue weighted by Crippen LogP contribution is -2.51. The number of hydrogen-bond acceptors (Lipinski definition) is 19. The molecule has 28 heteroatoms. The zero-order valence-corrected chi connectivity index (χ0v) is 86.7. The number of piperidine rings is 7. The number of benzene rings is 6. The van der Waals surface area contributed by atoms with E-state index in [0.29, 0.717) is 114 Å². The molecule has 7 atom stereocenters. The Labute approximate surface area is 845 Å². The van der Waals surface area contributed by atoms with Crippen molar-refractivity contribution in [3.05, 3.63) is 279 Å². The molecule has 13 amide bonds. The lowest BCUT2D eigenvalue weighted by atomic mass is 9.78. The number of imide groups is 6. The molecule has 0 bridgehead atoms. The highest BCUT2D eigenvalue weighted by atomic mass is 32.2. The predicted octanol–water partition coefficient (Wildman–Crippen LogP) is 22.6. The molecule has 14 rings (SSSR count). The largest absolute Gasteiger partial charge is 0.497 e. The summed E-state index contributed by atoms with van der Waals surface area (Å²) in [5, 5.41) is 0. The second-order valence-electron chi connectivity index (χ2n) is 40.7. The molecule has 0 spiro atoms. The fourth-order valence-electron chi connectivity index (χ4n) is 19.3. The van der Waals surface area contributed by atoms with Gasteiger partial charge >= 0.3 is 18.3 Å². The lowest BCUT2D eigenvalue weighted by Gasteiger charge is -2.38.